The zero-order valence-electron chi connectivity index (χ0n) is 20.3. The molecule has 2 aromatic carbocycles. The molecule has 1 fully saturated rings. The first-order chi connectivity index (χ1) is 17.1. The fourth-order valence-corrected chi connectivity index (χ4v) is 5.33. The lowest BCUT2D eigenvalue weighted by Crippen LogP contribution is -2.56. The number of rotatable bonds is 8. The van der Waals surface area contributed by atoms with E-state index < -0.39 is 9.84 Å². The van der Waals surface area contributed by atoms with Gasteiger partial charge in [0, 0.05) is 42.6 Å². The Bertz CT molecular complexity index is 1400. The number of imidazole rings is 1. The van der Waals surface area contributed by atoms with Crippen LogP contribution in [-0.2, 0) is 27.7 Å². The van der Waals surface area contributed by atoms with Crippen molar-refractivity contribution in [1.29, 1.82) is 5.26 Å². The number of hydrogen-bond donors (Lipinski definition) is 0. The number of sulfone groups is 1. The lowest BCUT2D eigenvalue weighted by Gasteiger charge is -2.41. The smallest absolute Gasteiger partial charge is 0.241 e. The van der Waals surface area contributed by atoms with Crippen LogP contribution in [0.4, 0.5) is 5.69 Å². The standard InChI is InChI=1S/C26H28ClN5O3S/c1-19-25(31(18-29-19)14-21-8-6-20(13-28)7-9-21)16-30-17-26(33)32(23-5-3-4-22(27)12-23)15-24(30)10-11-36(2,34)35/h3-9,12,18,24H,10-11,14-17H2,1-2H3/t24-/m0/s1. The topological polar surface area (TPSA) is 99.3 Å². The number of amides is 1. The first-order valence-corrected chi connectivity index (χ1v) is 14.0. The van der Waals surface area contributed by atoms with Gasteiger partial charge in [0.05, 0.1) is 41.6 Å². The Hall–Kier alpha value is -3.19. The van der Waals surface area contributed by atoms with Crippen molar-refractivity contribution in [3.8, 4) is 6.07 Å². The van der Waals surface area contributed by atoms with Crippen LogP contribution in [0.3, 0.4) is 0 Å². The first kappa shape index (κ1) is 25.9. The van der Waals surface area contributed by atoms with Crippen LogP contribution in [-0.4, -0.2) is 59.9 Å². The summed E-state index contributed by atoms with van der Waals surface area (Å²) in [5.74, 6) is -0.0291. The summed E-state index contributed by atoms with van der Waals surface area (Å²) in [5, 5.41) is 9.59. The van der Waals surface area contributed by atoms with E-state index in [1.807, 2.05) is 34.6 Å². The molecule has 1 aliphatic rings. The van der Waals surface area contributed by atoms with Crippen molar-refractivity contribution < 1.29 is 13.2 Å². The van der Waals surface area contributed by atoms with Crippen molar-refractivity contribution in [1.82, 2.24) is 14.5 Å². The van der Waals surface area contributed by atoms with Crippen LogP contribution in [0.5, 0.6) is 0 Å². The van der Waals surface area contributed by atoms with E-state index in [1.165, 1.54) is 6.26 Å². The zero-order chi connectivity index (χ0) is 25.9. The highest BCUT2D eigenvalue weighted by molar-refractivity contribution is 7.90. The van der Waals surface area contributed by atoms with Gasteiger partial charge in [0.15, 0.2) is 0 Å². The van der Waals surface area contributed by atoms with Crippen molar-refractivity contribution in [2.24, 2.45) is 0 Å². The lowest BCUT2D eigenvalue weighted by molar-refractivity contribution is -0.122. The zero-order valence-corrected chi connectivity index (χ0v) is 21.8. The molecular formula is C26H28ClN5O3S. The molecule has 8 nitrogen and oxygen atoms in total. The molecule has 1 saturated heterocycles. The number of anilines is 1. The maximum Gasteiger partial charge on any atom is 0.241 e. The highest BCUT2D eigenvalue weighted by Gasteiger charge is 2.34. The number of nitriles is 1. The molecule has 0 spiro atoms. The third kappa shape index (κ3) is 6.32. The highest BCUT2D eigenvalue weighted by Crippen LogP contribution is 2.26. The molecular weight excluding hydrogens is 498 g/mol. The van der Waals surface area contributed by atoms with Gasteiger partial charge in [-0.05, 0) is 49.2 Å². The molecule has 3 aromatic rings. The largest absolute Gasteiger partial charge is 0.329 e. The average molecular weight is 526 g/mol. The van der Waals surface area contributed by atoms with Crippen LogP contribution in [0.25, 0.3) is 0 Å². The number of halogens is 1. The van der Waals surface area contributed by atoms with E-state index in [9.17, 15) is 13.2 Å². The molecule has 36 heavy (non-hydrogen) atoms. The summed E-state index contributed by atoms with van der Waals surface area (Å²) in [6.45, 7) is 3.50. The SMILES string of the molecule is Cc1ncn(Cc2ccc(C#N)cc2)c1CN1CC(=O)N(c2cccc(Cl)c2)C[C@@H]1CCS(C)(=O)=O. The van der Waals surface area contributed by atoms with Gasteiger partial charge in [0.25, 0.3) is 0 Å². The van der Waals surface area contributed by atoms with Crippen LogP contribution >= 0.6 is 11.6 Å². The number of aromatic nitrogens is 2. The molecule has 0 N–H and O–H groups in total. The number of benzene rings is 2. The number of aryl methyl sites for hydroxylation is 1. The maximum atomic E-state index is 13.2. The predicted octanol–water partition coefficient (Wildman–Crippen LogP) is 3.42. The summed E-state index contributed by atoms with van der Waals surface area (Å²) in [6, 6.07) is 16.5. The third-order valence-electron chi connectivity index (χ3n) is 6.43. The van der Waals surface area contributed by atoms with Gasteiger partial charge in [0.1, 0.15) is 9.84 Å². The molecule has 0 radical (unpaired) electrons. The van der Waals surface area contributed by atoms with Gasteiger partial charge in [-0.25, -0.2) is 13.4 Å². The van der Waals surface area contributed by atoms with Crippen molar-refractivity contribution in [3.05, 3.63) is 82.4 Å². The Labute approximate surface area is 216 Å². The van der Waals surface area contributed by atoms with Gasteiger partial charge < -0.3 is 9.47 Å². The normalized spacial score (nSPS) is 16.8. The summed E-state index contributed by atoms with van der Waals surface area (Å²) in [4.78, 5) is 21.4. The van der Waals surface area contributed by atoms with Gasteiger partial charge in [-0.15, -0.1) is 0 Å². The van der Waals surface area contributed by atoms with Gasteiger partial charge in [-0.1, -0.05) is 29.8 Å². The van der Waals surface area contributed by atoms with Crippen LogP contribution in [0.2, 0.25) is 5.02 Å². The van der Waals surface area contributed by atoms with Gasteiger partial charge in [-0.2, -0.15) is 5.26 Å². The van der Waals surface area contributed by atoms with Crippen molar-refractivity contribution in [2.45, 2.75) is 32.5 Å². The Morgan fingerprint density at radius 3 is 2.58 bits per heavy atom. The van der Waals surface area contributed by atoms with E-state index in [2.05, 4.69) is 11.1 Å². The van der Waals surface area contributed by atoms with E-state index in [1.54, 1.807) is 41.6 Å². The van der Waals surface area contributed by atoms with Crippen LogP contribution < -0.4 is 4.90 Å². The minimum atomic E-state index is -3.17. The van der Waals surface area contributed by atoms with Gasteiger partial charge in [0.2, 0.25) is 5.91 Å². The summed E-state index contributed by atoms with van der Waals surface area (Å²) in [7, 11) is -3.17. The number of piperazine rings is 1. The predicted molar refractivity (Wildman–Crippen MR) is 140 cm³/mol. The fraction of sp³-hybridized carbons (Fsp3) is 0.346. The Morgan fingerprint density at radius 1 is 1.17 bits per heavy atom. The number of carbonyl (C=O) groups is 1. The Morgan fingerprint density at radius 2 is 1.92 bits per heavy atom. The second-order valence-electron chi connectivity index (χ2n) is 9.17. The molecule has 1 amide bonds. The molecule has 1 aliphatic heterocycles. The monoisotopic (exact) mass is 525 g/mol. The summed E-state index contributed by atoms with van der Waals surface area (Å²) in [6.07, 6.45) is 3.42. The van der Waals surface area contributed by atoms with Gasteiger partial charge in [-0.3, -0.25) is 9.69 Å². The van der Waals surface area contributed by atoms with Crippen molar-refractivity contribution in [3.63, 3.8) is 0 Å². The lowest BCUT2D eigenvalue weighted by atomic mass is 10.1. The molecule has 0 aliphatic carbocycles. The molecule has 2 heterocycles. The molecule has 188 valence electrons. The quantitative estimate of drug-likeness (QED) is 0.447. The van der Waals surface area contributed by atoms with Crippen LogP contribution in [0, 0.1) is 18.3 Å². The summed E-state index contributed by atoms with van der Waals surface area (Å²) >= 11 is 6.16. The van der Waals surface area contributed by atoms with E-state index in [4.69, 9.17) is 16.9 Å². The Kier molecular flexibility index (Phi) is 7.79. The summed E-state index contributed by atoms with van der Waals surface area (Å²) in [5.41, 5.74) is 4.16. The molecule has 1 atom stereocenters. The van der Waals surface area contributed by atoms with Crippen LogP contribution in [0.1, 0.15) is 28.9 Å². The molecule has 0 saturated carbocycles. The molecule has 4 rings (SSSR count). The van der Waals surface area contributed by atoms with Crippen molar-refractivity contribution in [2.75, 3.05) is 30.0 Å². The van der Waals surface area contributed by atoms with E-state index >= 15 is 0 Å². The van der Waals surface area contributed by atoms with E-state index in [0.29, 0.717) is 42.3 Å². The third-order valence-corrected chi connectivity index (χ3v) is 7.65. The van der Waals surface area contributed by atoms with Crippen molar-refractivity contribution >= 4 is 33.0 Å². The maximum absolute atomic E-state index is 13.2. The first-order valence-electron chi connectivity index (χ1n) is 11.6. The average Bonchev–Trinajstić information content (AvgIpc) is 3.17. The molecule has 0 bridgehead atoms. The van der Waals surface area contributed by atoms with Gasteiger partial charge >= 0.3 is 0 Å². The molecule has 10 heteroatoms. The van der Waals surface area contributed by atoms with Crippen LogP contribution in [0.15, 0.2) is 54.9 Å². The fourth-order valence-electron chi connectivity index (χ4n) is 4.44. The minimum Gasteiger partial charge on any atom is -0.329 e. The second-order valence-corrected chi connectivity index (χ2v) is 11.9. The highest BCUT2D eigenvalue weighted by atomic mass is 35.5. The number of carbonyl (C=O) groups excluding carboxylic acids is 1. The van der Waals surface area contributed by atoms with E-state index in [0.717, 1.165) is 17.0 Å². The second kappa shape index (κ2) is 10.8. The van der Waals surface area contributed by atoms with E-state index in [-0.39, 0.29) is 24.2 Å². The summed E-state index contributed by atoms with van der Waals surface area (Å²) < 4.78 is 26.0. The molecule has 0 unspecified atom stereocenters. The number of hydrogen-bond acceptors (Lipinski definition) is 6. The molecule has 1 aromatic heterocycles. The Balaban J connectivity index is 1.58. The minimum absolute atomic E-state index is 0.0369. The number of nitrogens with zero attached hydrogens (tertiary/aromatic N) is 5.